The lowest BCUT2D eigenvalue weighted by molar-refractivity contribution is -0.384. The Morgan fingerprint density at radius 2 is 1.80 bits per heavy atom. The number of carbonyl (C=O) groups is 1. The lowest BCUT2D eigenvalue weighted by Crippen LogP contribution is -2.52. The molecule has 2 aliphatic heterocycles. The summed E-state index contributed by atoms with van der Waals surface area (Å²) in [5.41, 5.74) is 1.12. The predicted octanol–water partition coefficient (Wildman–Crippen LogP) is 2.12. The fourth-order valence-electron chi connectivity index (χ4n) is 3.70. The molecule has 0 spiro atoms. The van der Waals surface area contributed by atoms with Crippen molar-refractivity contribution in [2.24, 2.45) is 0 Å². The summed E-state index contributed by atoms with van der Waals surface area (Å²) in [6.45, 7) is 6.88. The topological polar surface area (TPSA) is 69.9 Å². The van der Waals surface area contributed by atoms with Crippen LogP contribution in [0.15, 0.2) is 24.3 Å². The van der Waals surface area contributed by atoms with Crippen molar-refractivity contribution in [3.63, 3.8) is 0 Å². The molecule has 1 aromatic carbocycles. The third-order valence-electron chi connectivity index (χ3n) is 5.28. The normalized spacial score (nSPS) is 22.0. The minimum absolute atomic E-state index is 0.114. The highest BCUT2D eigenvalue weighted by molar-refractivity contribution is 5.78. The Labute approximate surface area is 148 Å². The molecule has 2 heterocycles. The van der Waals surface area contributed by atoms with Crippen LogP contribution in [0.3, 0.4) is 0 Å². The Morgan fingerprint density at radius 3 is 2.40 bits per heavy atom. The highest BCUT2D eigenvalue weighted by atomic mass is 16.6. The van der Waals surface area contributed by atoms with Crippen LogP contribution in [0, 0.1) is 10.1 Å². The van der Waals surface area contributed by atoms with Gasteiger partial charge in [0.15, 0.2) is 0 Å². The van der Waals surface area contributed by atoms with Crippen LogP contribution in [0.4, 0.5) is 11.4 Å². The molecule has 7 heteroatoms. The number of rotatable bonds is 4. The van der Waals surface area contributed by atoms with E-state index in [0.717, 1.165) is 51.3 Å². The Morgan fingerprint density at radius 1 is 1.12 bits per heavy atom. The second kappa shape index (κ2) is 7.82. The average Bonchev–Trinajstić information content (AvgIpc) is 2.63. The molecule has 7 nitrogen and oxygen atoms in total. The summed E-state index contributed by atoms with van der Waals surface area (Å²) in [6, 6.07) is 7.05. The molecule has 25 heavy (non-hydrogen) atoms. The molecule has 3 rings (SSSR count). The average molecular weight is 346 g/mol. The van der Waals surface area contributed by atoms with E-state index in [1.165, 1.54) is 6.42 Å². The van der Waals surface area contributed by atoms with Gasteiger partial charge in [0.05, 0.1) is 11.5 Å². The third kappa shape index (κ3) is 4.28. The number of likely N-dealkylation sites (tertiary alicyclic amines) is 1. The van der Waals surface area contributed by atoms with Crippen molar-refractivity contribution in [2.45, 2.75) is 32.2 Å². The molecule has 1 unspecified atom stereocenters. The molecule has 0 bridgehead atoms. The van der Waals surface area contributed by atoms with Crippen LogP contribution in [0.1, 0.15) is 26.2 Å². The number of nitro benzene ring substituents is 1. The Balaban J connectivity index is 1.49. The van der Waals surface area contributed by atoms with Gasteiger partial charge in [-0.3, -0.25) is 19.8 Å². The predicted molar refractivity (Wildman–Crippen MR) is 96.8 cm³/mol. The molecular formula is C18H26N4O3. The Bertz CT molecular complexity index is 611. The van der Waals surface area contributed by atoms with E-state index >= 15 is 0 Å². The van der Waals surface area contributed by atoms with E-state index in [-0.39, 0.29) is 16.5 Å². The second-order valence-corrected chi connectivity index (χ2v) is 6.97. The number of carbonyl (C=O) groups excluding carboxylic acids is 1. The van der Waals surface area contributed by atoms with Crippen molar-refractivity contribution >= 4 is 17.3 Å². The van der Waals surface area contributed by atoms with Crippen molar-refractivity contribution < 1.29 is 9.72 Å². The zero-order valence-corrected chi connectivity index (χ0v) is 14.8. The number of non-ortho nitro benzene ring substituents is 1. The zero-order valence-electron chi connectivity index (χ0n) is 14.8. The van der Waals surface area contributed by atoms with E-state index < -0.39 is 0 Å². The van der Waals surface area contributed by atoms with Gasteiger partial charge in [0, 0.05) is 56.6 Å². The van der Waals surface area contributed by atoms with Gasteiger partial charge in [0.25, 0.3) is 5.69 Å². The summed E-state index contributed by atoms with van der Waals surface area (Å²) in [5, 5.41) is 10.7. The van der Waals surface area contributed by atoms with Gasteiger partial charge in [-0.2, -0.15) is 0 Å². The number of nitrogens with zero attached hydrogens (tertiary/aromatic N) is 4. The Hall–Kier alpha value is -2.15. The molecule has 0 radical (unpaired) electrons. The maximum Gasteiger partial charge on any atom is 0.269 e. The van der Waals surface area contributed by atoms with Gasteiger partial charge >= 0.3 is 0 Å². The first-order valence-corrected chi connectivity index (χ1v) is 9.06. The van der Waals surface area contributed by atoms with Gasteiger partial charge in [-0.15, -0.1) is 0 Å². The number of amides is 1. The smallest absolute Gasteiger partial charge is 0.269 e. The molecule has 0 saturated carbocycles. The molecular weight excluding hydrogens is 320 g/mol. The monoisotopic (exact) mass is 346 g/mol. The quantitative estimate of drug-likeness (QED) is 0.617. The SMILES string of the molecule is CC1CCCCN1C(=O)CN1CCN(c2ccc([N+](=O)[O-])cc2)CC1. The van der Waals surface area contributed by atoms with Crippen molar-refractivity contribution in [2.75, 3.05) is 44.2 Å². The van der Waals surface area contributed by atoms with Crippen LogP contribution in [0.5, 0.6) is 0 Å². The fraction of sp³-hybridized carbons (Fsp3) is 0.611. The fourth-order valence-corrected chi connectivity index (χ4v) is 3.70. The molecule has 2 fully saturated rings. The molecule has 2 saturated heterocycles. The van der Waals surface area contributed by atoms with Gasteiger partial charge in [0.2, 0.25) is 5.91 Å². The molecule has 1 amide bonds. The number of nitro groups is 1. The van der Waals surface area contributed by atoms with Crippen LogP contribution in [0.25, 0.3) is 0 Å². The number of hydrogen-bond acceptors (Lipinski definition) is 5. The third-order valence-corrected chi connectivity index (χ3v) is 5.28. The highest BCUT2D eigenvalue weighted by Crippen LogP contribution is 2.21. The summed E-state index contributed by atoms with van der Waals surface area (Å²) < 4.78 is 0. The second-order valence-electron chi connectivity index (χ2n) is 6.97. The van der Waals surface area contributed by atoms with E-state index in [1.54, 1.807) is 24.3 Å². The van der Waals surface area contributed by atoms with Gasteiger partial charge in [-0.05, 0) is 38.3 Å². The van der Waals surface area contributed by atoms with Gasteiger partial charge in [0.1, 0.15) is 0 Å². The summed E-state index contributed by atoms with van der Waals surface area (Å²) in [7, 11) is 0. The number of anilines is 1. The standard InChI is InChI=1S/C18H26N4O3/c1-15-4-2-3-9-21(15)18(23)14-19-10-12-20(13-11-19)16-5-7-17(8-6-16)22(24)25/h5-8,15H,2-4,9-14H2,1H3. The Kier molecular flexibility index (Phi) is 5.53. The lowest BCUT2D eigenvalue weighted by atomic mass is 10.0. The van der Waals surface area contributed by atoms with Crippen molar-refractivity contribution in [1.82, 2.24) is 9.80 Å². The zero-order chi connectivity index (χ0) is 17.8. The molecule has 0 N–H and O–H groups in total. The molecule has 1 aromatic rings. The molecule has 0 aromatic heterocycles. The molecule has 0 aliphatic carbocycles. The largest absolute Gasteiger partial charge is 0.369 e. The van der Waals surface area contributed by atoms with Crippen molar-refractivity contribution in [3.8, 4) is 0 Å². The van der Waals surface area contributed by atoms with Crippen LogP contribution in [0.2, 0.25) is 0 Å². The highest BCUT2D eigenvalue weighted by Gasteiger charge is 2.26. The number of piperidine rings is 1. The van der Waals surface area contributed by atoms with E-state index in [4.69, 9.17) is 0 Å². The minimum atomic E-state index is -0.380. The first-order chi connectivity index (χ1) is 12.0. The van der Waals surface area contributed by atoms with Crippen LogP contribution in [-0.2, 0) is 4.79 Å². The number of piperazine rings is 1. The van der Waals surface area contributed by atoms with Crippen LogP contribution in [-0.4, -0.2) is 65.9 Å². The van der Waals surface area contributed by atoms with Crippen LogP contribution >= 0.6 is 0 Å². The van der Waals surface area contributed by atoms with Gasteiger partial charge in [-0.25, -0.2) is 0 Å². The first kappa shape index (κ1) is 17.7. The summed E-state index contributed by atoms with van der Waals surface area (Å²) in [5.74, 6) is 0.246. The van der Waals surface area contributed by atoms with Crippen molar-refractivity contribution in [1.29, 1.82) is 0 Å². The summed E-state index contributed by atoms with van der Waals surface area (Å²) in [6.07, 6.45) is 3.45. The summed E-state index contributed by atoms with van der Waals surface area (Å²) >= 11 is 0. The first-order valence-electron chi connectivity index (χ1n) is 9.06. The van der Waals surface area contributed by atoms with Gasteiger partial charge < -0.3 is 9.80 Å². The number of hydrogen-bond donors (Lipinski definition) is 0. The van der Waals surface area contributed by atoms with Gasteiger partial charge in [-0.1, -0.05) is 0 Å². The molecule has 136 valence electrons. The molecule has 2 aliphatic rings. The maximum absolute atomic E-state index is 12.5. The van der Waals surface area contributed by atoms with E-state index in [2.05, 4.69) is 16.7 Å². The maximum atomic E-state index is 12.5. The van der Waals surface area contributed by atoms with E-state index in [9.17, 15) is 14.9 Å². The van der Waals surface area contributed by atoms with Crippen molar-refractivity contribution in [3.05, 3.63) is 34.4 Å². The lowest BCUT2D eigenvalue weighted by Gasteiger charge is -2.38. The van der Waals surface area contributed by atoms with E-state index in [1.807, 2.05) is 4.90 Å². The molecule has 1 atom stereocenters. The number of benzene rings is 1. The van der Waals surface area contributed by atoms with Crippen LogP contribution < -0.4 is 4.90 Å². The summed E-state index contributed by atoms with van der Waals surface area (Å²) in [4.78, 5) is 29.4. The van der Waals surface area contributed by atoms with E-state index in [0.29, 0.717) is 12.6 Å². The minimum Gasteiger partial charge on any atom is -0.369 e.